The number of pyridine rings is 2. The minimum Gasteiger partial charge on any atom is -0.481 e. The van der Waals surface area contributed by atoms with Gasteiger partial charge in [0.15, 0.2) is 0 Å². The van der Waals surface area contributed by atoms with Crippen LogP contribution >= 0.6 is 0 Å². The number of nitrogens with zero attached hydrogens (tertiary/aromatic N) is 3. The molecule has 9 heteroatoms. The highest BCUT2D eigenvalue weighted by molar-refractivity contribution is 5.77. The lowest BCUT2D eigenvalue weighted by atomic mass is 9.93. The van der Waals surface area contributed by atoms with E-state index in [2.05, 4.69) is 27.8 Å². The van der Waals surface area contributed by atoms with Crippen molar-refractivity contribution < 1.29 is 19.4 Å². The van der Waals surface area contributed by atoms with E-state index in [0.717, 1.165) is 43.7 Å². The number of likely N-dealkylation sites (tertiary alicyclic amines) is 1. The number of aliphatic carboxylic acids is 1. The summed E-state index contributed by atoms with van der Waals surface area (Å²) in [5.74, 6) is 0.886. The number of carboxylic acids is 1. The molecule has 1 unspecified atom stereocenters. The third-order valence-corrected chi connectivity index (χ3v) is 6.05. The van der Waals surface area contributed by atoms with Crippen LogP contribution < -0.4 is 15.4 Å². The van der Waals surface area contributed by atoms with E-state index < -0.39 is 12.0 Å². The molecule has 1 atom stereocenters. The van der Waals surface area contributed by atoms with Gasteiger partial charge in [-0.05, 0) is 48.8 Å². The molecule has 1 saturated heterocycles. The van der Waals surface area contributed by atoms with Gasteiger partial charge in [-0.2, -0.15) is 0 Å². The molecule has 2 aromatic rings. The van der Waals surface area contributed by atoms with Gasteiger partial charge < -0.3 is 25.4 Å². The third kappa shape index (κ3) is 5.27. The van der Waals surface area contributed by atoms with Crippen LogP contribution in [0.2, 0.25) is 0 Å². The predicted molar refractivity (Wildman–Crippen MR) is 119 cm³/mol. The molecule has 0 radical (unpaired) electrons. The lowest BCUT2D eigenvalue weighted by Crippen LogP contribution is -2.54. The van der Waals surface area contributed by atoms with E-state index in [4.69, 9.17) is 9.72 Å². The fourth-order valence-corrected chi connectivity index (χ4v) is 4.16. The number of methoxy groups -OCH3 is 1. The Morgan fingerprint density at radius 3 is 2.88 bits per heavy atom. The second-order valence-corrected chi connectivity index (χ2v) is 8.38. The summed E-state index contributed by atoms with van der Waals surface area (Å²) in [6, 6.07) is 6.75. The van der Waals surface area contributed by atoms with Gasteiger partial charge in [0.05, 0.1) is 19.6 Å². The summed E-state index contributed by atoms with van der Waals surface area (Å²) in [6.07, 6.45) is 5.40. The van der Waals surface area contributed by atoms with Crippen molar-refractivity contribution in [2.24, 2.45) is 5.92 Å². The molecule has 0 spiro atoms. The summed E-state index contributed by atoms with van der Waals surface area (Å²) >= 11 is 0. The van der Waals surface area contributed by atoms with Crippen LogP contribution in [0.3, 0.4) is 0 Å². The third-order valence-electron chi connectivity index (χ3n) is 6.05. The SMILES string of the molecule is COc1ccc(C(CC(=O)O)NC(=O)N2CC(CCc3ccc4c(n3)NCCC4)C2)cn1. The number of nitrogens with one attached hydrogen (secondary N) is 2. The van der Waals surface area contributed by atoms with E-state index in [-0.39, 0.29) is 12.5 Å². The number of ether oxygens (including phenoxy) is 1. The zero-order valence-corrected chi connectivity index (χ0v) is 18.2. The van der Waals surface area contributed by atoms with Crippen molar-refractivity contribution in [3.8, 4) is 5.88 Å². The quantitative estimate of drug-likeness (QED) is 0.579. The molecule has 2 amide bonds. The van der Waals surface area contributed by atoms with Crippen molar-refractivity contribution in [3.05, 3.63) is 47.3 Å². The summed E-state index contributed by atoms with van der Waals surface area (Å²) in [4.78, 5) is 34.5. The van der Waals surface area contributed by atoms with E-state index in [9.17, 15) is 14.7 Å². The van der Waals surface area contributed by atoms with Crippen LogP contribution in [0.15, 0.2) is 30.5 Å². The molecule has 0 bridgehead atoms. The monoisotopic (exact) mass is 439 g/mol. The van der Waals surface area contributed by atoms with E-state index >= 15 is 0 Å². The topological polar surface area (TPSA) is 117 Å². The maximum absolute atomic E-state index is 12.7. The summed E-state index contributed by atoms with van der Waals surface area (Å²) in [6.45, 7) is 2.30. The smallest absolute Gasteiger partial charge is 0.317 e. The number of hydrogen-bond acceptors (Lipinski definition) is 6. The molecule has 0 saturated carbocycles. The number of amides is 2. The molecule has 2 aliphatic heterocycles. The number of aromatic nitrogens is 2. The maximum Gasteiger partial charge on any atom is 0.317 e. The van der Waals surface area contributed by atoms with Crippen LogP contribution in [0, 0.1) is 5.92 Å². The highest BCUT2D eigenvalue weighted by Crippen LogP contribution is 2.25. The molecule has 2 aliphatic rings. The van der Waals surface area contributed by atoms with E-state index in [1.807, 2.05) is 0 Å². The van der Waals surface area contributed by atoms with E-state index in [1.165, 1.54) is 18.9 Å². The number of aryl methyl sites for hydroxylation is 2. The van der Waals surface area contributed by atoms with Crippen molar-refractivity contribution in [3.63, 3.8) is 0 Å². The highest BCUT2D eigenvalue weighted by Gasteiger charge is 2.32. The number of fused-ring (bicyclic) bond motifs is 1. The molecule has 4 heterocycles. The number of anilines is 1. The lowest BCUT2D eigenvalue weighted by molar-refractivity contribution is -0.137. The Morgan fingerprint density at radius 2 is 2.16 bits per heavy atom. The van der Waals surface area contributed by atoms with Crippen LogP contribution in [0.5, 0.6) is 5.88 Å². The normalized spacial score (nSPS) is 16.3. The van der Waals surface area contributed by atoms with Crippen molar-refractivity contribution in [2.75, 3.05) is 32.1 Å². The van der Waals surface area contributed by atoms with Gasteiger partial charge >= 0.3 is 12.0 Å². The summed E-state index contributed by atoms with van der Waals surface area (Å²) < 4.78 is 5.04. The first-order valence-corrected chi connectivity index (χ1v) is 11.0. The fraction of sp³-hybridized carbons (Fsp3) is 0.478. The Kier molecular flexibility index (Phi) is 6.72. The molecule has 170 valence electrons. The van der Waals surface area contributed by atoms with Gasteiger partial charge in [-0.1, -0.05) is 12.1 Å². The van der Waals surface area contributed by atoms with Gasteiger partial charge in [-0.25, -0.2) is 14.8 Å². The molecule has 32 heavy (non-hydrogen) atoms. The van der Waals surface area contributed by atoms with Crippen molar-refractivity contribution in [1.82, 2.24) is 20.2 Å². The Hall–Kier alpha value is -3.36. The van der Waals surface area contributed by atoms with Crippen molar-refractivity contribution in [2.45, 2.75) is 38.1 Å². The maximum atomic E-state index is 12.7. The average molecular weight is 440 g/mol. The van der Waals surface area contributed by atoms with Gasteiger partial charge in [0, 0.05) is 37.6 Å². The molecule has 0 aliphatic carbocycles. The van der Waals surface area contributed by atoms with Crippen LogP contribution in [0.1, 0.15) is 42.1 Å². The number of carbonyl (C=O) groups excluding carboxylic acids is 1. The number of rotatable bonds is 8. The Balaban J connectivity index is 1.26. The van der Waals surface area contributed by atoms with Gasteiger partial charge in [-0.15, -0.1) is 0 Å². The Morgan fingerprint density at radius 1 is 1.31 bits per heavy atom. The molecule has 9 nitrogen and oxygen atoms in total. The highest BCUT2D eigenvalue weighted by atomic mass is 16.5. The second kappa shape index (κ2) is 9.84. The zero-order valence-electron chi connectivity index (χ0n) is 18.2. The minimum absolute atomic E-state index is 0.213. The number of carbonyl (C=O) groups is 2. The number of urea groups is 1. The first-order chi connectivity index (χ1) is 15.5. The molecule has 2 aromatic heterocycles. The van der Waals surface area contributed by atoms with E-state index in [0.29, 0.717) is 30.5 Å². The van der Waals surface area contributed by atoms with E-state index in [1.54, 1.807) is 17.0 Å². The summed E-state index contributed by atoms with van der Waals surface area (Å²) in [5, 5.41) is 15.4. The van der Waals surface area contributed by atoms with Crippen LogP contribution in [0.25, 0.3) is 0 Å². The average Bonchev–Trinajstić information content (AvgIpc) is 2.77. The summed E-state index contributed by atoms with van der Waals surface area (Å²) in [5.41, 5.74) is 3.00. The predicted octanol–water partition coefficient (Wildman–Crippen LogP) is 2.63. The van der Waals surface area contributed by atoms with Crippen LogP contribution in [-0.4, -0.2) is 58.7 Å². The first kappa shape index (κ1) is 21.9. The molecular formula is C23H29N5O4. The largest absolute Gasteiger partial charge is 0.481 e. The van der Waals surface area contributed by atoms with Crippen molar-refractivity contribution >= 4 is 17.8 Å². The zero-order chi connectivity index (χ0) is 22.5. The standard InChI is InChI=1S/C23H29N5O4/c1-32-20-9-6-17(12-25-20)19(11-21(29)30)27-23(31)28-13-15(14-28)4-7-18-8-5-16-3-2-10-24-22(16)26-18/h5-6,8-9,12,15,19H,2-4,7,10-11,13-14H2,1H3,(H,24,26)(H,27,31)(H,29,30). The molecule has 0 aromatic carbocycles. The van der Waals surface area contributed by atoms with Crippen molar-refractivity contribution in [1.29, 1.82) is 0 Å². The lowest BCUT2D eigenvalue weighted by Gasteiger charge is -2.40. The number of hydrogen-bond donors (Lipinski definition) is 3. The first-order valence-electron chi connectivity index (χ1n) is 11.0. The van der Waals surface area contributed by atoms with Gasteiger partial charge in [0.25, 0.3) is 0 Å². The molecular weight excluding hydrogens is 410 g/mol. The minimum atomic E-state index is -0.986. The van der Waals surface area contributed by atoms with Crippen LogP contribution in [0.4, 0.5) is 10.6 Å². The second-order valence-electron chi connectivity index (χ2n) is 8.38. The van der Waals surface area contributed by atoms with Crippen LogP contribution in [-0.2, 0) is 17.6 Å². The van der Waals surface area contributed by atoms with Gasteiger partial charge in [0.2, 0.25) is 5.88 Å². The summed E-state index contributed by atoms with van der Waals surface area (Å²) in [7, 11) is 1.51. The number of carboxylic acid groups (broad SMARTS) is 1. The molecule has 3 N–H and O–H groups in total. The van der Waals surface area contributed by atoms with Gasteiger partial charge in [0.1, 0.15) is 5.82 Å². The van der Waals surface area contributed by atoms with Gasteiger partial charge in [-0.3, -0.25) is 4.79 Å². The fourth-order valence-electron chi connectivity index (χ4n) is 4.16. The Labute approximate surface area is 187 Å². The molecule has 1 fully saturated rings. The molecule has 4 rings (SSSR count). The Bertz CT molecular complexity index is 959.